The number of nitrogens with zero attached hydrogens (tertiary/aromatic N) is 3. The molecule has 1 aromatic heterocycles. The summed E-state index contributed by atoms with van der Waals surface area (Å²) in [5, 5.41) is 4.54. The normalized spacial score (nSPS) is 10.2. The number of urea groups is 1. The molecule has 0 aliphatic heterocycles. The third-order valence-electron chi connectivity index (χ3n) is 4.10. The molecule has 0 aliphatic rings. The molecule has 4 N–H and O–H groups in total. The van der Waals surface area contributed by atoms with Gasteiger partial charge in [0.05, 0.1) is 11.3 Å². The topological polar surface area (TPSA) is 122 Å². The van der Waals surface area contributed by atoms with Gasteiger partial charge in [0.2, 0.25) is 0 Å². The SMILES string of the molecule is CN(CC(=O)NNC(=O)c1cn(-c2ccccc2)nc1-c1ccccc1)C(N)=O. The lowest BCUT2D eigenvalue weighted by atomic mass is 10.1. The Balaban J connectivity index is 1.83. The lowest BCUT2D eigenvalue weighted by molar-refractivity contribution is -0.122. The van der Waals surface area contributed by atoms with E-state index in [1.54, 1.807) is 10.9 Å². The van der Waals surface area contributed by atoms with Gasteiger partial charge in [-0.15, -0.1) is 0 Å². The van der Waals surface area contributed by atoms with Crippen molar-refractivity contribution < 1.29 is 14.4 Å². The average molecular weight is 392 g/mol. The zero-order valence-electron chi connectivity index (χ0n) is 15.7. The minimum atomic E-state index is -0.748. The highest BCUT2D eigenvalue weighted by Gasteiger charge is 2.19. The second-order valence-electron chi connectivity index (χ2n) is 6.23. The minimum absolute atomic E-state index is 0.281. The van der Waals surface area contributed by atoms with Gasteiger partial charge in [-0.25, -0.2) is 9.48 Å². The number of hydrogen-bond donors (Lipinski definition) is 3. The molecule has 0 unspecified atom stereocenters. The summed E-state index contributed by atoms with van der Waals surface area (Å²) >= 11 is 0. The van der Waals surface area contributed by atoms with Crippen LogP contribution in [0.3, 0.4) is 0 Å². The number of primary amides is 1. The summed E-state index contributed by atoms with van der Waals surface area (Å²) in [4.78, 5) is 36.6. The number of likely N-dealkylation sites (N-methyl/N-ethyl adjacent to an activating group) is 1. The van der Waals surface area contributed by atoms with Gasteiger partial charge in [-0.1, -0.05) is 48.5 Å². The molecule has 0 saturated heterocycles. The number of carbonyl (C=O) groups excluding carboxylic acids is 3. The molecule has 148 valence electrons. The zero-order valence-corrected chi connectivity index (χ0v) is 15.7. The highest BCUT2D eigenvalue weighted by atomic mass is 16.2. The van der Waals surface area contributed by atoms with Crippen molar-refractivity contribution >= 4 is 17.8 Å². The van der Waals surface area contributed by atoms with Gasteiger partial charge in [0, 0.05) is 18.8 Å². The van der Waals surface area contributed by atoms with Crippen molar-refractivity contribution in [2.75, 3.05) is 13.6 Å². The lowest BCUT2D eigenvalue weighted by Crippen LogP contribution is -2.47. The fourth-order valence-electron chi connectivity index (χ4n) is 2.59. The first-order valence-corrected chi connectivity index (χ1v) is 8.76. The van der Waals surface area contributed by atoms with Crippen LogP contribution in [0.15, 0.2) is 66.9 Å². The van der Waals surface area contributed by atoms with E-state index in [-0.39, 0.29) is 12.1 Å². The third-order valence-corrected chi connectivity index (χ3v) is 4.10. The predicted octanol–water partition coefficient (Wildman–Crippen LogP) is 1.31. The molecule has 29 heavy (non-hydrogen) atoms. The van der Waals surface area contributed by atoms with Crippen LogP contribution in [0.1, 0.15) is 10.4 Å². The standard InChI is InChI=1S/C20H20N6O3/c1-25(20(21)29)13-17(27)22-23-19(28)16-12-26(15-10-6-3-7-11-15)24-18(16)14-8-4-2-5-9-14/h2-12H,13H2,1H3,(H2,21,29)(H,22,27)(H,23,28). The largest absolute Gasteiger partial charge is 0.351 e. The monoisotopic (exact) mass is 392 g/mol. The summed E-state index contributed by atoms with van der Waals surface area (Å²) in [6.07, 6.45) is 1.59. The van der Waals surface area contributed by atoms with Crippen molar-refractivity contribution in [1.82, 2.24) is 25.5 Å². The number of para-hydroxylation sites is 1. The summed E-state index contributed by atoms with van der Waals surface area (Å²) in [5.41, 5.74) is 12.0. The molecule has 3 aromatic rings. The van der Waals surface area contributed by atoms with E-state index in [9.17, 15) is 14.4 Å². The maximum absolute atomic E-state index is 12.7. The summed E-state index contributed by atoms with van der Waals surface area (Å²) < 4.78 is 1.60. The number of rotatable bonds is 5. The number of benzene rings is 2. The Labute approximate surface area is 167 Å². The van der Waals surface area contributed by atoms with E-state index in [4.69, 9.17) is 5.73 Å². The molecule has 3 rings (SSSR count). The van der Waals surface area contributed by atoms with E-state index in [1.165, 1.54) is 7.05 Å². The average Bonchev–Trinajstić information content (AvgIpc) is 3.19. The van der Waals surface area contributed by atoms with Crippen LogP contribution in [0.4, 0.5) is 4.79 Å². The zero-order chi connectivity index (χ0) is 20.8. The van der Waals surface area contributed by atoms with Gasteiger partial charge in [-0.3, -0.25) is 20.4 Å². The predicted molar refractivity (Wildman–Crippen MR) is 107 cm³/mol. The second-order valence-corrected chi connectivity index (χ2v) is 6.23. The summed E-state index contributed by atoms with van der Waals surface area (Å²) in [6.45, 7) is -0.287. The van der Waals surface area contributed by atoms with Gasteiger partial charge < -0.3 is 10.6 Å². The molecule has 4 amide bonds. The number of hydrazine groups is 1. The summed E-state index contributed by atoms with van der Waals surface area (Å²) in [7, 11) is 1.38. The van der Waals surface area contributed by atoms with Crippen LogP contribution in [0.25, 0.3) is 16.9 Å². The van der Waals surface area contributed by atoms with Crippen molar-refractivity contribution in [3.05, 3.63) is 72.4 Å². The molecule has 0 atom stereocenters. The first-order valence-electron chi connectivity index (χ1n) is 8.76. The van der Waals surface area contributed by atoms with E-state index < -0.39 is 17.8 Å². The molecule has 0 saturated carbocycles. The molecule has 0 bridgehead atoms. The molecule has 0 spiro atoms. The third kappa shape index (κ3) is 4.78. The number of carbonyl (C=O) groups is 3. The van der Waals surface area contributed by atoms with Crippen molar-refractivity contribution in [1.29, 1.82) is 0 Å². The van der Waals surface area contributed by atoms with Crippen LogP contribution < -0.4 is 16.6 Å². The van der Waals surface area contributed by atoms with Gasteiger partial charge in [0.15, 0.2) is 0 Å². The molecule has 0 radical (unpaired) electrons. The van der Waals surface area contributed by atoms with Crippen LogP contribution in [0.5, 0.6) is 0 Å². The van der Waals surface area contributed by atoms with E-state index in [2.05, 4.69) is 16.0 Å². The minimum Gasteiger partial charge on any atom is -0.351 e. The number of aromatic nitrogens is 2. The highest BCUT2D eigenvalue weighted by Crippen LogP contribution is 2.23. The van der Waals surface area contributed by atoms with E-state index in [1.807, 2.05) is 60.7 Å². The number of hydrogen-bond acceptors (Lipinski definition) is 4. The summed E-state index contributed by atoms with van der Waals surface area (Å²) in [6, 6.07) is 17.9. The van der Waals surface area contributed by atoms with Gasteiger partial charge in [0.1, 0.15) is 12.2 Å². The Hall–Kier alpha value is -4.14. The van der Waals surface area contributed by atoms with Crippen LogP contribution in [0.2, 0.25) is 0 Å². The van der Waals surface area contributed by atoms with Crippen molar-refractivity contribution in [3.63, 3.8) is 0 Å². The van der Waals surface area contributed by atoms with E-state index >= 15 is 0 Å². The van der Waals surface area contributed by atoms with Gasteiger partial charge >= 0.3 is 6.03 Å². The molecule has 9 heteroatoms. The number of nitrogens with two attached hydrogens (primary N) is 1. The molecule has 0 aliphatic carbocycles. The first kappa shape index (κ1) is 19.6. The van der Waals surface area contributed by atoms with Crippen LogP contribution in [0, 0.1) is 0 Å². The fourth-order valence-corrected chi connectivity index (χ4v) is 2.59. The highest BCUT2D eigenvalue weighted by molar-refractivity contribution is 6.00. The fraction of sp³-hybridized carbons (Fsp3) is 0.100. The smallest absolute Gasteiger partial charge is 0.314 e. The van der Waals surface area contributed by atoms with E-state index in [0.29, 0.717) is 5.69 Å². The Morgan fingerprint density at radius 2 is 1.62 bits per heavy atom. The first-order chi connectivity index (χ1) is 14.0. The molecule has 1 heterocycles. The van der Waals surface area contributed by atoms with Crippen LogP contribution >= 0.6 is 0 Å². The Bertz CT molecular complexity index is 1020. The Morgan fingerprint density at radius 3 is 2.24 bits per heavy atom. The van der Waals surface area contributed by atoms with Crippen molar-refractivity contribution in [2.45, 2.75) is 0 Å². The quantitative estimate of drug-likeness (QED) is 0.567. The molecule has 0 fully saturated rings. The van der Waals surface area contributed by atoms with Crippen LogP contribution in [-0.4, -0.2) is 46.1 Å². The van der Waals surface area contributed by atoms with Gasteiger partial charge in [-0.05, 0) is 12.1 Å². The van der Waals surface area contributed by atoms with Crippen molar-refractivity contribution in [2.24, 2.45) is 5.73 Å². The Kier molecular flexibility index (Phi) is 5.88. The molecular weight excluding hydrogens is 372 g/mol. The Morgan fingerprint density at radius 1 is 1.00 bits per heavy atom. The van der Waals surface area contributed by atoms with E-state index in [0.717, 1.165) is 16.2 Å². The maximum Gasteiger partial charge on any atom is 0.314 e. The van der Waals surface area contributed by atoms with Crippen LogP contribution in [-0.2, 0) is 4.79 Å². The maximum atomic E-state index is 12.7. The molecule has 2 aromatic carbocycles. The van der Waals surface area contributed by atoms with Gasteiger partial charge in [-0.2, -0.15) is 5.10 Å². The number of amides is 4. The van der Waals surface area contributed by atoms with Crippen molar-refractivity contribution in [3.8, 4) is 16.9 Å². The molecular formula is C20H20N6O3. The number of nitrogens with one attached hydrogen (secondary N) is 2. The lowest BCUT2D eigenvalue weighted by Gasteiger charge is -2.14. The molecule has 9 nitrogen and oxygen atoms in total. The summed E-state index contributed by atoms with van der Waals surface area (Å²) in [5.74, 6) is -1.13. The second kappa shape index (κ2) is 8.70. The van der Waals surface area contributed by atoms with Gasteiger partial charge in [0.25, 0.3) is 11.8 Å².